The summed E-state index contributed by atoms with van der Waals surface area (Å²) in [6, 6.07) is 17.6. The quantitative estimate of drug-likeness (QED) is 0.180. The van der Waals surface area contributed by atoms with Crippen molar-refractivity contribution in [1.82, 2.24) is 4.57 Å². The van der Waals surface area contributed by atoms with E-state index in [1.54, 1.807) is 36.4 Å². The molecule has 0 saturated carbocycles. The lowest BCUT2D eigenvalue weighted by Crippen LogP contribution is -2.06. The van der Waals surface area contributed by atoms with Gasteiger partial charge in [-0.05, 0) is 73.0 Å². The van der Waals surface area contributed by atoms with E-state index in [0.29, 0.717) is 11.3 Å². The molecule has 0 amide bonds. The molecule has 3 N–H and O–H groups in total. The van der Waals surface area contributed by atoms with Crippen molar-refractivity contribution in [1.29, 1.82) is 0 Å². The first kappa shape index (κ1) is 27.7. The van der Waals surface area contributed by atoms with Gasteiger partial charge in [0.1, 0.15) is 5.69 Å². The third-order valence-corrected chi connectivity index (χ3v) is 7.06. The van der Waals surface area contributed by atoms with Crippen LogP contribution in [0.3, 0.4) is 0 Å². The SMILES string of the molecule is Cc1ccc(-n2c(O)c(N=Nc3cccc(-c4cccc(C(=O)O)c4)c3O)c3cc(Cl)c(C(F)(F)F)cc32)cc1C. The van der Waals surface area contributed by atoms with Gasteiger partial charge in [0.15, 0.2) is 11.4 Å². The van der Waals surface area contributed by atoms with Gasteiger partial charge in [0.2, 0.25) is 5.88 Å². The molecule has 0 radical (unpaired) electrons. The van der Waals surface area contributed by atoms with Crippen LogP contribution in [0.15, 0.2) is 83.0 Å². The number of nitrogens with zero attached hydrogens (tertiary/aromatic N) is 3. The van der Waals surface area contributed by atoms with Crippen LogP contribution < -0.4 is 0 Å². The van der Waals surface area contributed by atoms with E-state index in [4.69, 9.17) is 11.6 Å². The number of hydrogen-bond acceptors (Lipinski definition) is 5. The van der Waals surface area contributed by atoms with Gasteiger partial charge in [-0.2, -0.15) is 13.2 Å². The zero-order valence-corrected chi connectivity index (χ0v) is 22.3. The Kier molecular flexibility index (Phi) is 6.96. The van der Waals surface area contributed by atoms with Gasteiger partial charge in [-0.1, -0.05) is 41.9 Å². The largest absolute Gasteiger partial charge is 0.505 e. The minimum Gasteiger partial charge on any atom is -0.505 e. The summed E-state index contributed by atoms with van der Waals surface area (Å²) in [6.45, 7) is 3.72. The fourth-order valence-corrected chi connectivity index (χ4v) is 4.76. The molecule has 0 atom stereocenters. The number of fused-ring (bicyclic) bond motifs is 1. The predicted molar refractivity (Wildman–Crippen MR) is 149 cm³/mol. The van der Waals surface area contributed by atoms with Crippen molar-refractivity contribution in [3.05, 3.63) is 100 Å². The molecule has 0 unspecified atom stereocenters. The van der Waals surface area contributed by atoms with Crippen LogP contribution in [0.25, 0.3) is 27.7 Å². The molecule has 0 fully saturated rings. The number of aromatic nitrogens is 1. The molecule has 5 rings (SSSR count). The van der Waals surface area contributed by atoms with Crippen molar-refractivity contribution in [3.8, 4) is 28.4 Å². The number of aromatic carboxylic acids is 1. The lowest BCUT2D eigenvalue weighted by atomic mass is 10.0. The average molecular weight is 580 g/mol. The molecule has 4 aromatic carbocycles. The summed E-state index contributed by atoms with van der Waals surface area (Å²) in [6.07, 6.45) is -4.75. The van der Waals surface area contributed by atoms with Gasteiger partial charge in [-0.15, -0.1) is 10.2 Å². The molecule has 0 aliphatic carbocycles. The number of benzene rings is 4. The molecule has 0 aliphatic rings. The Bertz CT molecular complexity index is 1880. The highest BCUT2D eigenvalue weighted by molar-refractivity contribution is 6.32. The molecule has 41 heavy (non-hydrogen) atoms. The number of carboxylic acids is 1. The van der Waals surface area contributed by atoms with E-state index in [0.717, 1.165) is 23.3 Å². The summed E-state index contributed by atoms with van der Waals surface area (Å²) in [5.74, 6) is -1.93. The first-order valence-corrected chi connectivity index (χ1v) is 12.5. The van der Waals surface area contributed by atoms with Crippen LogP contribution in [0.2, 0.25) is 5.02 Å². The normalized spacial score (nSPS) is 12.0. The number of azo groups is 1. The van der Waals surface area contributed by atoms with Gasteiger partial charge in [-0.25, -0.2) is 4.79 Å². The zero-order valence-electron chi connectivity index (χ0n) is 21.5. The maximum absolute atomic E-state index is 13.7. The Morgan fingerprint density at radius 3 is 2.32 bits per heavy atom. The number of carbonyl (C=O) groups is 1. The average Bonchev–Trinajstić information content (AvgIpc) is 3.18. The van der Waals surface area contributed by atoms with Crippen LogP contribution in [0.5, 0.6) is 11.6 Å². The Morgan fingerprint density at radius 2 is 1.63 bits per heavy atom. The van der Waals surface area contributed by atoms with E-state index >= 15 is 0 Å². The number of alkyl halides is 3. The second-order valence-corrected chi connectivity index (χ2v) is 9.79. The van der Waals surface area contributed by atoms with E-state index in [-0.39, 0.29) is 39.2 Å². The van der Waals surface area contributed by atoms with E-state index in [2.05, 4.69) is 10.2 Å². The van der Waals surface area contributed by atoms with Crippen molar-refractivity contribution in [3.63, 3.8) is 0 Å². The summed E-state index contributed by atoms with van der Waals surface area (Å²) in [5.41, 5.74) is 1.66. The molecule has 5 aromatic rings. The number of aryl methyl sites for hydroxylation is 2. The Morgan fingerprint density at radius 1 is 0.902 bits per heavy atom. The molecule has 208 valence electrons. The summed E-state index contributed by atoms with van der Waals surface area (Å²) < 4.78 is 42.4. The first-order chi connectivity index (χ1) is 19.4. The fraction of sp³-hybridized carbons (Fsp3) is 0.100. The molecule has 0 saturated heterocycles. The Hall–Kier alpha value is -4.83. The first-order valence-electron chi connectivity index (χ1n) is 12.2. The summed E-state index contributed by atoms with van der Waals surface area (Å²) in [4.78, 5) is 11.4. The second-order valence-electron chi connectivity index (χ2n) is 9.38. The fourth-order valence-electron chi connectivity index (χ4n) is 4.49. The van der Waals surface area contributed by atoms with Crippen molar-refractivity contribution < 1.29 is 33.3 Å². The van der Waals surface area contributed by atoms with Gasteiger partial charge in [0.25, 0.3) is 0 Å². The van der Waals surface area contributed by atoms with Crippen LogP contribution in [0, 0.1) is 13.8 Å². The summed E-state index contributed by atoms with van der Waals surface area (Å²) in [7, 11) is 0. The maximum atomic E-state index is 13.7. The maximum Gasteiger partial charge on any atom is 0.417 e. The number of carboxylic acid groups (broad SMARTS) is 1. The topological polar surface area (TPSA) is 107 Å². The molecular formula is C30H21ClF3N3O4. The number of aromatic hydroxyl groups is 2. The number of phenols is 1. The van der Waals surface area contributed by atoms with Gasteiger partial charge >= 0.3 is 12.1 Å². The van der Waals surface area contributed by atoms with Gasteiger partial charge < -0.3 is 15.3 Å². The van der Waals surface area contributed by atoms with Crippen LogP contribution in [0.4, 0.5) is 24.5 Å². The monoisotopic (exact) mass is 579 g/mol. The molecule has 7 nitrogen and oxygen atoms in total. The van der Waals surface area contributed by atoms with Crippen molar-refractivity contribution in [2.75, 3.05) is 0 Å². The van der Waals surface area contributed by atoms with Crippen LogP contribution in [0.1, 0.15) is 27.0 Å². The second kappa shape index (κ2) is 10.3. The minimum atomic E-state index is -4.75. The van der Waals surface area contributed by atoms with Gasteiger partial charge in [0, 0.05) is 16.6 Å². The highest BCUT2D eigenvalue weighted by Gasteiger charge is 2.35. The molecule has 1 aromatic heterocycles. The number of para-hydroxylation sites is 1. The summed E-state index contributed by atoms with van der Waals surface area (Å²) in [5, 5.41) is 39.2. The molecule has 0 spiro atoms. The number of halogens is 4. The van der Waals surface area contributed by atoms with Crippen LogP contribution >= 0.6 is 11.6 Å². The zero-order chi connectivity index (χ0) is 29.6. The number of phenolic OH excluding ortho intramolecular Hbond substituents is 1. The van der Waals surface area contributed by atoms with E-state index in [1.165, 1.54) is 28.8 Å². The molecule has 1 heterocycles. The van der Waals surface area contributed by atoms with Crippen LogP contribution in [-0.4, -0.2) is 25.9 Å². The van der Waals surface area contributed by atoms with Crippen molar-refractivity contribution in [2.45, 2.75) is 20.0 Å². The molecule has 11 heteroatoms. The third kappa shape index (κ3) is 5.09. The number of hydrogen-bond donors (Lipinski definition) is 3. The standard InChI is InChI=1S/C30H21ClF3N3O4/c1-15-9-10-19(11-16(15)2)37-25-14-22(30(32,33)34)23(31)13-21(25)26(28(37)39)36-35-24-8-4-7-20(27(24)38)17-5-3-6-18(12-17)29(40)41/h3-14,38-39H,1-2H3,(H,40,41). The number of rotatable bonds is 5. The predicted octanol–water partition coefficient (Wildman–Crippen LogP) is 9.11. The lowest BCUT2D eigenvalue weighted by Gasteiger charge is -2.12. The Balaban J connectivity index is 1.69. The van der Waals surface area contributed by atoms with E-state index in [9.17, 15) is 33.3 Å². The molecular weight excluding hydrogens is 559 g/mol. The van der Waals surface area contributed by atoms with Gasteiger partial charge in [0.05, 0.1) is 21.7 Å². The van der Waals surface area contributed by atoms with Crippen molar-refractivity contribution >= 4 is 39.8 Å². The third-order valence-electron chi connectivity index (χ3n) is 6.75. The molecule has 0 aliphatic heterocycles. The summed E-state index contributed by atoms with van der Waals surface area (Å²) >= 11 is 6.01. The minimum absolute atomic E-state index is 0.000105. The highest BCUT2D eigenvalue weighted by Crippen LogP contribution is 2.47. The van der Waals surface area contributed by atoms with Crippen LogP contribution in [-0.2, 0) is 6.18 Å². The highest BCUT2D eigenvalue weighted by atomic mass is 35.5. The van der Waals surface area contributed by atoms with Gasteiger partial charge in [-0.3, -0.25) is 4.57 Å². The Labute approximate surface area is 236 Å². The molecule has 0 bridgehead atoms. The van der Waals surface area contributed by atoms with E-state index in [1.807, 2.05) is 13.8 Å². The lowest BCUT2D eigenvalue weighted by molar-refractivity contribution is -0.137. The smallest absolute Gasteiger partial charge is 0.417 e. The van der Waals surface area contributed by atoms with Crippen molar-refractivity contribution in [2.24, 2.45) is 10.2 Å². The van der Waals surface area contributed by atoms with E-state index < -0.39 is 28.6 Å².